The SMILES string of the molecule is O=C(CO)c1ccc2ccn(CCOc3ccc(C45CC6CC(CC(C6)C4)C5)cc3)c(=O)c2c1. The highest BCUT2D eigenvalue weighted by atomic mass is 16.5. The van der Waals surface area contributed by atoms with Gasteiger partial charge < -0.3 is 14.4 Å². The third-order valence-corrected chi connectivity index (χ3v) is 8.55. The molecular formula is C29H31NO4. The van der Waals surface area contributed by atoms with E-state index in [-0.39, 0.29) is 5.56 Å². The monoisotopic (exact) mass is 457 g/mol. The van der Waals surface area contributed by atoms with E-state index in [1.165, 1.54) is 44.1 Å². The molecule has 4 aliphatic rings. The second-order valence-corrected chi connectivity index (χ2v) is 10.8. The summed E-state index contributed by atoms with van der Waals surface area (Å²) in [6.45, 7) is 0.239. The Morgan fingerprint density at radius 1 is 0.971 bits per heavy atom. The lowest BCUT2D eigenvalue weighted by Gasteiger charge is -2.57. The van der Waals surface area contributed by atoms with Crippen LogP contribution in [-0.4, -0.2) is 28.7 Å². The van der Waals surface area contributed by atoms with Crippen LogP contribution >= 0.6 is 0 Å². The predicted octanol–water partition coefficient (Wildman–Crippen LogP) is 4.72. The van der Waals surface area contributed by atoms with E-state index in [4.69, 9.17) is 9.84 Å². The van der Waals surface area contributed by atoms with Gasteiger partial charge in [-0.2, -0.15) is 0 Å². The van der Waals surface area contributed by atoms with Crippen molar-refractivity contribution in [3.8, 4) is 5.75 Å². The van der Waals surface area contributed by atoms with E-state index in [0.29, 0.717) is 29.5 Å². The highest BCUT2D eigenvalue weighted by Gasteiger charge is 2.51. The number of carbonyl (C=O) groups excluding carboxylic acids is 1. The smallest absolute Gasteiger partial charge is 0.258 e. The second kappa shape index (κ2) is 8.38. The molecule has 2 aromatic carbocycles. The highest BCUT2D eigenvalue weighted by molar-refractivity contribution is 6.00. The fourth-order valence-electron chi connectivity index (χ4n) is 7.35. The van der Waals surface area contributed by atoms with E-state index in [0.717, 1.165) is 28.9 Å². The average molecular weight is 458 g/mol. The number of hydrogen-bond donors (Lipinski definition) is 1. The molecule has 0 amide bonds. The van der Waals surface area contributed by atoms with Crippen molar-refractivity contribution in [1.29, 1.82) is 0 Å². The van der Waals surface area contributed by atoms with Crippen LogP contribution in [0.5, 0.6) is 5.75 Å². The maximum absolute atomic E-state index is 12.9. The van der Waals surface area contributed by atoms with E-state index < -0.39 is 12.4 Å². The number of Topliss-reactive ketones (excluding diaryl/α,β-unsaturated/α-hetero) is 1. The van der Waals surface area contributed by atoms with Gasteiger partial charge in [0.2, 0.25) is 0 Å². The summed E-state index contributed by atoms with van der Waals surface area (Å²) in [4.78, 5) is 24.7. The van der Waals surface area contributed by atoms with Crippen LogP contribution in [-0.2, 0) is 12.0 Å². The summed E-state index contributed by atoms with van der Waals surface area (Å²) in [5.74, 6) is 3.23. The zero-order valence-corrected chi connectivity index (χ0v) is 19.4. The van der Waals surface area contributed by atoms with E-state index in [1.807, 2.05) is 6.07 Å². The molecule has 4 bridgehead atoms. The Hall–Kier alpha value is -2.92. The Balaban J connectivity index is 1.13. The lowest BCUT2D eigenvalue weighted by Crippen LogP contribution is -2.48. The molecule has 0 radical (unpaired) electrons. The van der Waals surface area contributed by atoms with Crippen molar-refractivity contribution >= 4 is 16.6 Å². The number of ether oxygens (including phenoxy) is 1. The first-order valence-corrected chi connectivity index (χ1v) is 12.5. The molecule has 5 nitrogen and oxygen atoms in total. The van der Waals surface area contributed by atoms with Gasteiger partial charge in [-0.3, -0.25) is 9.59 Å². The maximum atomic E-state index is 12.9. The Morgan fingerprint density at radius 3 is 2.29 bits per heavy atom. The number of nitrogens with zero attached hydrogens (tertiary/aromatic N) is 1. The number of carbonyl (C=O) groups is 1. The van der Waals surface area contributed by atoms with Crippen molar-refractivity contribution in [2.75, 3.05) is 13.2 Å². The van der Waals surface area contributed by atoms with Gasteiger partial charge in [-0.05, 0) is 96.9 Å². The van der Waals surface area contributed by atoms with Crippen molar-refractivity contribution in [2.45, 2.75) is 50.5 Å². The summed E-state index contributed by atoms with van der Waals surface area (Å²) >= 11 is 0. The van der Waals surface area contributed by atoms with E-state index in [2.05, 4.69) is 24.3 Å². The average Bonchev–Trinajstić information content (AvgIpc) is 2.84. The molecule has 1 heterocycles. The van der Waals surface area contributed by atoms with Gasteiger partial charge in [0.1, 0.15) is 19.0 Å². The first-order valence-electron chi connectivity index (χ1n) is 12.5. The molecule has 3 aromatic rings. The van der Waals surface area contributed by atoms with Crippen LogP contribution in [0.3, 0.4) is 0 Å². The van der Waals surface area contributed by atoms with E-state index in [9.17, 15) is 9.59 Å². The van der Waals surface area contributed by atoms with Gasteiger partial charge in [0.25, 0.3) is 5.56 Å². The molecule has 0 atom stereocenters. The van der Waals surface area contributed by atoms with Crippen molar-refractivity contribution < 1.29 is 14.6 Å². The molecule has 0 unspecified atom stereocenters. The van der Waals surface area contributed by atoms with Crippen molar-refractivity contribution in [3.63, 3.8) is 0 Å². The normalized spacial score (nSPS) is 27.3. The molecule has 7 rings (SSSR count). The maximum Gasteiger partial charge on any atom is 0.258 e. The number of fused-ring (bicyclic) bond motifs is 1. The summed E-state index contributed by atoms with van der Waals surface area (Å²) in [7, 11) is 0. The Morgan fingerprint density at radius 2 is 1.65 bits per heavy atom. The van der Waals surface area contributed by atoms with E-state index in [1.54, 1.807) is 29.0 Å². The summed E-state index contributed by atoms with van der Waals surface area (Å²) in [6, 6.07) is 15.5. The van der Waals surface area contributed by atoms with Gasteiger partial charge >= 0.3 is 0 Å². The highest BCUT2D eigenvalue weighted by Crippen LogP contribution is 2.60. The number of benzene rings is 2. The van der Waals surface area contributed by atoms with Crippen molar-refractivity contribution in [2.24, 2.45) is 17.8 Å². The largest absolute Gasteiger partial charge is 0.492 e. The van der Waals surface area contributed by atoms with Crippen LogP contribution in [0, 0.1) is 17.8 Å². The zero-order chi connectivity index (χ0) is 23.3. The molecule has 4 saturated carbocycles. The molecule has 176 valence electrons. The molecule has 1 N–H and O–H groups in total. The minimum atomic E-state index is -0.567. The number of aliphatic hydroxyl groups is 1. The summed E-state index contributed by atoms with van der Waals surface area (Å²) in [5.41, 5.74) is 2.06. The Labute approximate surface area is 199 Å². The molecule has 34 heavy (non-hydrogen) atoms. The first kappa shape index (κ1) is 21.6. The third kappa shape index (κ3) is 3.76. The predicted molar refractivity (Wildman–Crippen MR) is 131 cm³/mol. The number of rotatable bonds is 7. The zero-order valence-electron chi connectivity index (χ0n) is 19.4. The van der Waals surface area contributed by atoms with Crippen LogP contribution in [0.2, 0.25) is 0 Å². The molecular weight excluding hydrogens is 426 g/mol. The lowest BCUT2D eigenvalue weighted by atomic mass is 9.48. The third-order valence-electron chi connectivity index (χ3n) is 8.55. The fraction of sp³-hybridized carbons (Fsp3) is 0.448. The van der Waals surface area contributed by atoms with Gasteiger partial charge in [-0.15, -0.1) is 0 Å². The van der Waals surface area contributed by atoms with Gasteiger partial charge in [0.05, 0.1) is 6.54 Å². The van der Waals surface area contributed by atoms with E-state index >= 15 is 0 Å². The van der Waals surface area contributed by atoms with Crippen molar-refractivity contribution in [3.05, 3.63) is 76.2 Å². The first-order chi connectivity index (χ1) is 16.5. The quantitative estimate of drug-likeness (QED) is 0.521. The Bertz CT molecular complexity index is 1250. The molecule has 0 aliphatic heterocycles. The standard InChI is InChI=1S/C29H31NO4/c31-18-27(32)23-2-1-22-7-8-30(28(33)26(22)14-23)9-10-34-25-5-3-24(4-6-25)29-15-19-11-20(16-29)13-21(12-19)17-29/h1-8,14,19-21,31H,9-13,15-18H2. The number of aromatic nitrogens is 1. The molecule has 0 saturated heterocycles. The van der Waals surface area contributed by atoms with Crippen LogP contribution in [0.1, 0.15) is 54.4 Å². The van der Waals surface area contributed by atoms with Gasteiger partial charge in [-0.25, -0.2) is 0 Å². The minimum Gasteiger partial charge on any atom is -0.492 e. The number of aliphatic hydroxyl groups excluding tert-OH is 1. The lowest BCUT2D eigenvalue weighted by molar-refractivity contribution is -0.00520. The van der Waals surface area contributed by atoms with Crippen molar-refractivity contribution in [1.82, 2.24) is 4.57 Å². The second-order valence-electron chi connectivity index (χ2n) is 10.8. The number of ketones is 1. The van der Waals surface area contributed by atoms with Crippen LogP contribution in [0.25, 0.3) is 10.8 Å². The summed E-state index contributed by atoms with van der Waals surface area (Å²) in [6.07, 6.45) is 10.2. The number of hydrogen-bond acceptors (Lipinski definition) is 4. The van der Waals surface area contributed by atoms with Crippen LogP contribution in [0.15, 0.2) is 59.5 Å². The fourth-order valence-corrected chi connectivity index (χ4v) is 7.35. The minimum absolute atomic E-state index is 0.161. The molecule has 4 fully saturated rings. The summed E-state index contributed by atoms with van der Waals surface area (Å²) in [5, 5.41) is 10.4. The molecule has 5 heteroatoms. The number of pyridine rings is 1. The summed E-state index contributed by atoms with van der Waals surface area (Å²) < 4.78 is 7.59. The molecule has 1 aromatic heterocycles. The topological polar surface area (TPSA) is 68.5 Å². The molecule has 0 spiro atoms. The Kier molecular flexibility index (Phi) is 5.33. The van der Waals surface area contributed by atoms with Gasteiger partial charge in [0.15, 0.2) is 5.78 Å². The van der Waals surface area contributed by atoms with Crippen LogP contribution < -0.4 is 10.3 Å². The van der Waals surface area contributed by atoms with Gasteiger partial charge in [0, 0.05) is 17.1 Å². The molecule has 4 aliphatic carbocycles. The van der Waals surface area contributed by atoms with Gasteiger partial charge in [-0.1, -0.05) is 24.3 Å². The van der Waals surface area contributed by atoms with Crippen LogP contribution in [0.4, 0.5) is 0 Å².